The monoisotopic (exact) mass is 538 g/mol. The molecular formula is C30H30N6O4. The molecule has 0 bridgehead atoms. The van der Waals surface area contributed by atoms with Crippen LogP contribution >= 0.6 is 0 Å². The van der Waals surface area contributed by atoms with Gasteiger partial charge in [-0.15, -0.1) is 5.10 Å². The first kappa shape index (κ1) is 25.0. The molecule has 0 unspecified atom stereocenters. The minimum atomic E-state index is -0.728. The number of imidazole rings is 1. The van der Waals surface area contributed by atoms with Crippen LogP contribution < -0.4 is 0 Å². The second-order valence-corrected chi connectivity index (χ2v) is 10.6. The summed E-state index contributed by atoms with van der Waals surface area (Å²) in [5, 5.41) is 8.89. The van der Waals surface area contributed by atoms with E-state index in [1.807, 2.05) is 86.8 Å². The van der Waals surface area contributed by atoms with Crippen molar-refractivity contribution in [2.45, 2.75) is 63.9 Å². The molecule has 4 atom stereocenters. The van der Waals surface area contributed by atoms with E-state index in [-0.39, 0.29) is 18.3 Å². The highest BCUT2D eigenvalue weighted by Gasteiger charge is 2.55. The first-order valence-corrected chi connectivity index (χ1v) is 13.4. The van der Waals surface area contributed by atoms with Crippen LogP contribution in [0.2, 0.25) is 0 Å². The summed E-state index contributed by atoms with van der Waals surface area (Å²) in [7, 11) is 0. The van der Waals surface area contributed by atoms with Gasteiger partial charge in [-0.05, 0) is 43.7 Å². The van der Waals surface area contributed by atoms with Crippen molar-refractivity contribution in [3.8, 4) is 11.5 Å². The van der Waals surface area contributed by atoms with Gasteiger partial charge in [0.25, 0.3) is 0 Å². The van der Waals surface area contributed by atoms with Gasteiger partial charge in [-0.2, -0.15) is 0 Å². The summed E-state index contributed by atoms with van der Waals surface area (Å²) < 4.78 is 28.8. The highest BCUT2D eigenvalue weighted by Crippen LogP contribution is 2.39. The van der Waals surface area contributed by atoms with E-state index in [9.17, 15) is 0 Å². The molecule has 40 heavy (non-hydrogen) atoms. The highest BCUT2D eigenvalue weighted by molar-refractivity contribution is 5.80. The van der Waals surface area contributed by atoms with Crippen LogP contribution in [-0.2, 0) is 38.6 Å². The lowest BCUT2D eigenvalue weighted by atomic mass is 10.1. The van der Waals surface area contributed by atoms with Crippen LogP contribution in [0.3, 0.4) is 0 Å². The molecule has 2 saturated heterocycles. The topological polar surface area (TPSA) is 98.3 Å². The zero-order chi connectivity index (χ0) is 27.1. The SMILES string of the molecule is CC1(C)O[C@H]2O[C@H](Cn3cc(Cn4c(-c5ccccn5)nc5ccccc54)nn3)[C@H](OCc3ccccc3)[C@H]2O1. The van der Waals surface area contributed by atoms with Gasteiger partial charge in [0.05, 0.1) is 36.9 Å². The molecule has 204 valence electrons. The number of ether oxygens (including phenoxy) is 4. The first-order chi connectivity index (χ1) is 19.5. The molecule has 0 aliphatic carbocycles. The van der Waals surface area contributed by atoms with Crippen molar-refractivity contribution in [1.82, 2.24) is 29.5 Å². The van der Waals surface area contributed by atoms with Crippen LogP contribution in [0.15, 0.2) is 85.2 Å². The molecule has 0 radical (unpaired) electrons. The predicted octanol–water partition coefficient (Wildman–Crippen LogP) is 4.20. The third kappa shape index (κ3) is 4.90. The van der Waals surface area contributed by atoms with Gasteiger partial charge in [0, 0.05) is 6.20 Å². The number of fused-ring (bicyclic) bond motifs is 2. The van der Waals surface area contributed by atoms with Gasteiger partial charge in [0.15, 0.2) is 17.9 Å². The van der Waals surface area contributed by atoms with Gasteiger partial charge in [0.2, 0.25) is 0 Å². The molecule has 0 spiro atoms. The van der Waals surface area contributed by atoms with E-state index in [4.69, 9.17) is 23.9 Å². The predicted molar refractivity (Wildman–Crippen MR) is 146 cm³/mol. The van der Waals surface area contributed by atoms with Crippen LogP contribution in [0.5, 0.6) is 0 Å². The zero-order valence-electron chi connectivity index (χ0n) is 22.3. The second-order valence-electron chi connectivity index (χ2n) is 10.6. The maximum atomic E-state index is 6.38. The van der Waals surface area contributed by atoms with Crippen molar-refractivity contribution in [2.75, 3.05) is 0 Å². The molecule has 2 aromatic carbocycles. The number of pyridine rings is 1. The van der Waals surface area contributed by atoms with E-state index >= 15 is 0 Å². The van der Waals surface area contributed by atoms with Crippen LogP contribution in [0, 0.1) is 0 Å². The Morgan fingerprint density at radius 2 is 1.77 bits per heavy atom. The summed E-state index contributed by atoms with van der Waals surface area (Å²) in [6.45, 7) is 5.17. The van der Waals surface area contributed by atoms with E-state index in [1.54, 1.807) is 10.9 Å². The molecule has 2 aliphatic rings. The lowest BCUT2D eigenvalue weighted by molar-refractivity contribution is -0.220. The summed E-state index contributed by atoms with van der Waals surface area (Å²) in [6, 6.07) is 24.0. The molecule has 10 nitrogen and oxygen atoms in total. The lowest BCUT2D eigenvalue weighted by Crippen LogP contribution is -2.38. The Balaban J connectivity index is 1.11. The Labute approximate surface area is 231 Å². The lowest BCUT2D eigenvalue weighted by Gasteiger charge is -2.26. The van der Waals surface area contributed by atoms with Gasteiger partial charge in [-0.3, -0.25) is 4.98 Å². The number of rotatable bonds is 8. The normalized spacial score (nSPS) is 23.6. The summed E-state index contributed by atoms with van der Waals surface area (Å²) in [4.78, 5) is 9.38. The van der Waals surface area contributed by atoms with Crippen LogP contribution in [0.1, 0.15) is 25.1 Å². The average Bonchev–Trinajstić information content (AvgIpc) is 3.71. The largest absolute Gasteiger partial charge is 0.368 e. The molecule has 3 aromatic heterocycles. The number of hydrogen-bond acceptors (Lipinski definition) is 8. The smallest absolute Gasteiger partial charge is 0.190 e. The fourth-order valence-electron chi connectivity index (χ4n) is 5.43. The summed E-state index contributed by atoms with van der Waals surface area (Å²) >= 11 is 0. The van der Waals surface area contributed by atoms with Crippen LogP contribution in [-0.4, -0.2) is 59.9 Å². The summed E-state index contributed by atoms with van der Waals surface area (Å²) in [5.41, 5.74) is 4.60. The van der Waals surface area contributed by atoms with E-state index < -0.39 is 12.1 Å². The van der Waals surface area contributed by atoms with Crippen molar-refractivity contribution in [3.63, 3.8) is 0 Å². The van der Waals surface area contributed by atoms with Crippen molar-refractivity contribution < 1.29 is 18.9 Å². The zero-order valence-corrected chi connectivity index (χ0v) is 22.3. The molecule has 10 heteroatoms. The molecule has 5 heterocycles. The minimum absolute atomic E-state index is 0.317. The molecule has 5 aromatic rings. The number of hydrogen-bond donors (Lipinski definition) is 0. The maximum Gasteiger partial charge on any atom is 0.190 e. The Hall–Kier alpha value is -3.96. The van der Waals surface area contributed by atoms with E-state index in [2.05, 4.69) is 25.9 Å². The quantitative estimate of drug-likeness (QED) is 0.290. The number of para-hydroxylation sites is 2. The molecule has 0 N–H and O–H groups in total. The number of nitrogens with zero attached hydrogens (tertiary/aromatic N) is 6. The fraction of sp³-hybridized carbons (Fsp3) is 0.333. The summed E-state index contributed by atoms with van der Waals surface area (Å²) in [5.74, 6) is 0.0585. The van der Waals surface area contributed by atoms with E-state index in [0.29, 0.717) is 19.7 Å². The third-order valence-corrected chi connectivity index (χ3v) is 7.19. The van der Waals surface area contributed by atoms with Gasteiger partial charge in [-0.1, -0.05) is 53.7 Å². The van der Waals surface area contributed by atoms with Gasteiger partial charge < -0.3 is 23.5 Å². The first-order valence-electron chi connectivity index (χ1n) is 13.4. The molecule has 0 saturated carbocycles. The molecule has 0 amide bonds. The second kappa shape index (κ2) is 10.2. The maximum absolute atomic E-state index is 6.38. The molecule has 7 rings (SSSR count). The van der Waals surface area contributed by atoms with Crippen LogP contribution in [0.4, 0.5) is 0 Å². The third-order valence-electron chi connectivity index (χ3n) is 7.19. The van der Waals surface area contributed by atoms with E-state index in [1.165, 1.54) is 0 Å². The van der Waals surface area contributed by atoms with Crippen molar-refractivity contribution >= 4 is 11.0 Å². The van der Waals surface area contributed by atoms with Crippen LogP contribution in [0.25, 0.3) is 22.6 Å². The van der Waals surface area contributed by atoms with Crippen molar-refractivity contribution in [3.05, 3.63) is 96.4 Å². The Morgan fingerprint density at radius 3 is 2.62 bits per heavy atom. The Morgan fingerprint density at radius 1 is 0.950 bits per heavy atom. The number of benzene rings is 2. The molecular weight excluding hydrogens is 508 g/mol. The molecule has 2 aliphatic heterocycles. The Bertz CT molecular complexity index is 1600. The van der Waals surface area contributed by atoms with Gasteiger partial charge in [0.1, 0.15) is 29.7 Å². The van der Waals surface area contributed by atoms with E-state index in [0.717, 1.165) is 33.8 Å². The van der Waals surface area contributed by atoms with Crippen molar-refractivity contribution in [2.24, 2.45) is 0 Å². The van der Waals surface area contributed by atoms with Gasteiger partial charge in [-0.25, -0.2) is 9.67 Å². The fourth-order valence-corrected chi connectivity index (χ4v) is 5.43. The average molecular weight is 539 g/mol. The summed E-state index contributed by atoms with van der Waals surface area (Å²) in [6.07, 6.45) is 2.24. The highest BCUT2D eigenvalue weighted by atomic mass is 16.8. The standard InChI is InChI=1S/C30H30N6O4/c1-30(2)39-27-26(37-19-20-10-4-3-5-11-20)25(38-29(27)40-30)18-35-16-21(33-34-35)17-36-24-14-7-6-12-22(24)32-28(36)23-13-8-9-15-31-23/h3-16,25-27,29H,17-19H2,1-2H3/t25-,26+,27-,29-/m1/s1. The minimum Gasteiger partial charge on any atom is -0.368 e. The number of aromatic nitrogens is 6. The Kier molecular flexibility index (Phi) is 6.39. The van der Waals surface area contributed by atoms with Crippen molar-refractivity contribution in [1.29, 1.82) is 0 Å². The molecule has 2 fully saturated rings. The van der Waals surface area contributed by atoms with Gasteiger partial charge >= 0.3 is 0 Å².